The van der Waals surface area contributed by atoms with Crippen molar-refractivity contribution >= 4 is 22.6 Å². The Kier molecular flexibility index (Phi) is 3.42. The Morgan fingerprint density at radius 1 is 1.22 bits per heavy atom. The summed E-state index contributed by atoms with van der Waals surface area (Å²) in [6.45, 7) is 2.49. The van der Waals surface area contributed by atoms with Crippen molar-refractivity contribution in [2.24, 2.45) is 0 Å². The van der Waals surface area contributed by atoms with Crippen LogP contribution < -0.4 is 5.69 Å². The molecule has 0 unspecified atom stereocenters. The Morgan fingerprint density at radius 2 is 2.04 bits per heavy atom. The van der Waals surface area contributed by atoms with E-state index < -0.39 is 0 Å². The molecule has 5 heteroatoms. The first-order valence-electron chi connectivity index (χ1n) is 7.85. The molecule has 0 radical (unpaired) electrons. The van der Waals surface area contributed by atoms with Crippen molar-refractivity contribution in [1.82, 2.24) is 14.5 Å². The van der Waals surface area contributed by atoms with Crippen LogP contribution in [0.25, 0.3) is 22.3 Å². The van der Waals surface area contributed by atoms with Crippen LogP contribution in [-0.4, -0.2) is 14.5 Å². The maximum Gasteiger partial charge on any atom is 0.349 e. The third kappa shape index (κ3) is 2.53. The second-order valence-electron chi connectivity index (χ2n) is 5.88. The third-order valence-corrected chi connectivity index (χ3v) is 4.49. The highest BCUT2D eigenvalue weighted by molar-refractivity contribution is 6.30. The van der Waals surface area contributed by atoms with Gasteiger partial charge in [-0.3, -0.25) is 4.57 Å². The van der Waals surface area contributed by atoms with Gasteiger partial charge in [-0.05, 0) is 44.0 Å². The summed E-state index contributed by atoms with van der Waals surface area (Å²) in [5.41, 5.74) is 3.00. The van der Waals surface area contributed by atoms with Gasteiger partial charge in [0, 0.05) is 34.1 Å². The number of fused-ring (bicyclic) bond motifs is 1. The lowest BCUT2D eigenvalue weighted by Crippen LogP contribution is -2.24. The molecule has 1 aliphatic carbocycles. The fourth-order valence-electron chi connectivity index (χ4n) is 2.91. The predicted octanol–water partition coefficient (Wildman–Crippen LogP) is 4.01. The van der Waals surface area contributed by atoms with Gasteiger partial charge in [0.2, 0.25) is 0 Å². The Hall–Kier alpha value is -2.20. The quantitative estimate of drug-likeness (QED) is 0.731. The van der Waals surface area contributed by atoms with Gasteiger partial charge in [0.05, 0.1) is 5.69 Å². The lowest BCUT2D eigenvalue weighted by Gasteiger charge is -2.12. The molecule has 0 amide bonds. The molecule has 1 fully saturated rings. The molecular weight excluding hydrogens is 310 g/mol. The SMILES string of the molecule is CCn1c(=O)nc(-c2cccc(Cl)c2)c2ccc(C3CC3)nc21. The number of halogens is 1. The Labute approximate surface area is 138 Å². The first-order valence-corrected chi connectivity index (χ1v) is 8.22. The van der Waals surface area contributed by atoms with E-state index in [1.165, 1.54) is 12.8 Å². The lowest BCUT2D eigenvalue weighted by molar-refractivity contribution is 0.721. The summed E-state index contributed by atoms with van der Waals surface area (Å²) >= 11 is 6.09. The van der Waals surface area contributed by atoms with Crippen LogP contribution in [0.2, 0.25) is 5.02 Å². The van der Waals surface area contributed by atoms with E-state index in [9.17, 15) is 4.79 Å². The summed E-state index contributed by atoms with van der Waals surface area (Å²) in [4.78, 5) is 21.5. The number of nitrogens with zero attached hydrogens (tertiary/aromatic N) is 3. The molecule has 1 aliphatic rings. The average Bonchev–Trinajstić information content (AvgIpc) is 3.38. The van der Waals surface area contributed by atoms with Crippen LogP contribution in [0.4, 0.5) is 0 Å². The maximum absolute atomic E-state index is 12.4. The van der Waals surface area contributed by atoms with Crippen LogP contribution >= 0.6 is 11.6 Å². The maximum atomic E-state index is 12.4. The lowest BCUT2D eigenvalue weighted by atomic mass is 10.1. The van der Waals surface area contributed by atoms with Gasteiger partial charge < -0.3 is 0 Å². The van der Waals surface area contributed by atoms with E-state index in [1.54, 1.807) is 4.57 Å². The Morgan fingerprint density at radius 3 is 2.74 bits per heavy atom. The predicted molar refractivity (Wildman–Crippen MR) is 91.9 cm³/mol. The van der Waals surface area contributed by atoms with Gasteiger partial charge >= 0.3 is 5.69 Å². The smallest absolute Gasteiger partial charge is 0.276 e. The van der Waals surface area contributed by atoms with Crippen LogP contribution in [0.15, 0.2) is 41.2 Å². The van der Waals surface area contributed by atoms with Crippen molar-refractivity contribution < 1.29 is 0 Å². The summed E-state index contributed by atoms with van der Waals surface area (Å²) in [5, 5.41) is 1.51. The Balaban J connectivity index is 2.03. The number of aryl methyl sites for hydroxylation is 1. The molecule has 3 aromatic rings. The van der Waals surface area contributed by atoms with E-state index in [4.69, 9.17) is 16.6 Å². The van der Waals surface area contributed by atoms with Crippen LogP contribution in [0, 0.1) is 0 Å². The van der Waals surface area contributed by atoms with Gasteiger partial charge in [-0.2, -0.15) is 4.98 Å². The fraction of sp³-hybridized carbons (Fsp3) is 0.278. The van der Waals surface area contributed by atoms with Crippen molar-refractivity contribution in [3.05, 3.63) is 57.6 Å². The van der Waals surface area contributed by atoms with Crippen LogP contribution in [0.3, 0.4) is 0 Å². The minimum absolute atomic E-state index is 0.268. The van der Waals surface area contributed by atoms with Crippen molar-refractivity contribution in [3.63, 3.8) is 0 Å². The largest absolute Gasteiger partial charge is 0.349 e. The summed E-state index contributed by atoms with van der Waals surface area (Å²) in [6, 6.07) is 11.5. The molecule has 0 spiro atoms. The summed E-state index contributed by atoms with van der Waals surface area (Å²) in [6.07, 6.45) is 2.36. The first kappa shape index (κ1) is 14.4. The second-order valence-corrected chi connectivity index (χ2v) is 6.32. The highest BCUT2D eigenvalue weighted by Gasteiger charge is 2.26. The fourth-order valence-corrected chi connectivity index (χ4v) is 3.10. The van der Waals surface area contributed by atoms with Gasteiger partial charge in [-0.25, -0.2) is 9.78 Å². The summed E-state index contributed by atoms with van der Waals surface area (Å²) in [7, 11) is 0. The molecule has 4 rings (SSSR count). The van der Waals surface area contributed by atoms with Crippen molar-refractivity contribution in [2.45, 2.75) is 32.2 Å². The molecule has 1 saturated carbocycles. The molecule has 2 heterocycles. The van der Waals surface area contributed by atoms with Crippen LogP contribution in [0.1, 0.15) is 31.4 Å². The van der Waals surface area contributed by atoms with Gasteiger partial charge in [-0.15, -0.1) is 0 Å². The normalized spacial score (nSPS) is 14.3. The number of pyridine rings is 1. The second kappa shape index (κ2) is 5.46. The van der Waals surface area contributed by atoms with E-state index >= 15 is 0 Å². The number of aromatic nitrogens is 3. The van der Waals surface area contributed by atoms with Gasteiger partial charge in [0.15, 0.2) is 0 Å². The van der Waals surface area contributed by atoms with Crippen molar-refractivity contribution in [2.75, 3.05) is 0 Å². The zero-order chi connectivity index (χ0) is 16.0. The molecule has 1 aromatic carbocycles. The van der Waals surface area contributed by atoms with E-state index in [-0.39, 0.29) is 5.69 Å². The van der Waals surface area contributed by atoms with E-state index in [0.29, 0.717) is 28.8 Å². The minimum atomic E-state index is -0.268. The zero-order valence-corrected chi connectivity index (χ0v) is 13.5. The number of hydrogen-bond donors (Lipinski definition) is 0. The first-order chi connectivity index (χ1) is 11.2. The molecule has 0 bridgehead atoms. The monoisotopic (exact) mass is 325 g/mol. The van der Waals surface area contributed by atoms with Gasteiger partial charge in [-0.1, -0.05) is 23.7 Å². The standard InChI is InChI=1S/C18H16ClN3O/c1-2-22-17-14(8-9-15(20-17)11-6-7-11)16(21-18(22)23)12-4-3-5-13(19)10-12/h3-5,8-11H,2,6-7H2,1H3. The van der Waals surface area contributed by atoms with Gasteiger partial charge in [0.25, 0.3) is 0 Å². The van der Waals surface area contributed by atoms with E-state index in [1.807, 2.05) is 37.3 Å². The summed E-state index contributed by atoms with van der Waals surface area (Å²) in [5.74, 6) is 0.544. The van der Waals surface area contributed by atoms with Crippen LogP contribution in [0.5, 0.6) is 0 Å². The molecule has 0 saturated heterocycles. The summed E-state index contributed by atoms with van der Waals surface area (Å²) < 4.78 is 1.63. The Bertz CT molecular complexity index is 960. The van der Waals surface area contributed by atoms with E-state index in [0.717, 1.165) is 16.6 Å². The van der Waals surface area contributed by atoms with E-state index in [2.05, 4.69) is 11.1 Å². The highest BCUT2D eigenvalue weighted by atomic mass is 35.5. The average molecular weight is 326 g/mol. The topological polar surface area (TPSA) is 47.8 Å². The molecule has 116 valence electrons. The van der Waals surface area contributed by atoms with Crippen molar-refractivity contribution in [1.29, 1.82) is 0 Å². The molecule has 0 atom stereocenters. The minimum Gasteiger partial charge on any atom is -0.276 e. The molecule has 23 heavy (non-hydrogen) atoms. The molecular formula is C18H16ClN3O. The third-order valence-electron chi connectivity index (χ3n) is 4.26. The number of rotatable bonds is 3. The molecule has 0 aliphatic heterocycles. The zero-order valence-electron chi connectivity index (χ0n) is 12.8. The molecule has 2 aromatic heterocycles. The van der Waals surface area contributed by atoms with Crippen molar-refractivity contribution in [3.8, 4) is 11.3 Å². The van der Waals surface area contributed by atoms with Crippen LogP contribution in [-0.2, 0) is 6.54 Å². The number of hydrogen-bond acceptors (Lipinski definition) is 3. The number of benzene rings is 1. The molecule has 4 nitrogen and oxygen atoms in total. The molecule has 0 N–H and O–H groups in total. The van der Waals surface area contributed by atoms with Gasteiger partial charge in [0.1, 0.15) is 5.65 Å². The highest BCUT2D eigenvalue weighted by Crippen LogP contribution is 2.39.